The SMILES string of the molecule is COc1ccc(CCC2(CCN)CCCCC2)c(OC)c1. The molecular weight excluding hydrogens is 262 g/mol. The number of aryl methyl sites for hydroxylation is 1. The van der Waals surface area contributed by atoms with Crippen molar-refractivity contribution < 1.29 is 9.47 Å². The topological polar surface area (TPSA) is 44.5 Å². The van der Waals surface area contributed by atoms with Crippen LogP contribution < -0.4 is 15.2 Å². The van der Waals surface area contributed by atoms with Crippen LogP contribution in [0.2, 0.25) is 0 Å². The van der Waals surface area contributed by atoms with E-state index in [1.165, 1.54) is 44.1 Å². The normalized spacial score (nSPS) is 17.5. The summed E-state index contributed by atoms with van der Waals surface area (Å²) >= 11 is 0. The van der Waals surface area contributed by atoms with Crippen LogP contribution in [0.25, 0.3) is 0 Å². The van der Waals surface area contributed by atoms with E-state index in [4.69, 9.17) is 15.2 Å². The first-order chi connectivity index (χ1) is 10.2. The highest BCUT2D eigenvalue weighted by Crippen LogP contribution is 2.43. The zero-order valence-corrected chi connectivity index (χ0v) is 13.5. The third kappa shape index (κ3) is 4.13. The molecule has 118 valence electrons. The Balaban J connectivity index is 2.06. The molecule has 3 nitrogen and oxygen atoms in total. The van der Waals surface area contributed by atoms with Gasteiger partial charge in [0.1, 0.15) is 11.5 Å². The number of benzene rings is 1. The van der Waals surface area contributed by atoms with E-state index in [1.807, 2.05) is 12.1 Å². The third-order valence-corrected chi connectivity index (χ3v) is 5.01. The first kappa shape index (κ1) is 16.2. The second kappa shape index (κ2) is 7.69. The van der Waals surface area contributed by atoms with Crippen molar-refractivity contribution in [1.82, 2.24) is 0 Å². The van der Waals surface area contributed by atoms with Crippen LogP contribution in [-0.2, 0) is 6.42 Å². The summed E-state index contributed by atoms with van der Waals surface area (Å²) in [7, 11) is 3.42. The van der Waals surface area contributed by atoms with Gasteiger partial charge >= 0.3 is 0 Å². The Hall–Kier alpha value is -1.22. The fourth-order valence-electron chi connectivity index (χ4n) is 3.69. The summed E-state index contributed by atoms with van der Waals surface area (Å²) in [6.07, 6.45) is 10.2. The zero-order valence-electron chi connectivity index (χ0n) is 13.5. The molecule has 1 aliphatic rings. The van der Waals surface area contributed by atoms with Crippen molar-refractivity contribution in [3.63, 3.8) is 0 Å². The molecule has 21 heavy (non-hydrogen) atoms. The van der Waals surface area contributed by atoms with E-state index >= 15 is 0 Å². The zero-order chi connectivity index (χ0) is 15.1. The molecule has 2 N–H and O–H groups in total. The largest absolute Gasteiger partial charge is 0.497 e. The number of hydrogen-bond donors (Lipinski definition) is 1. The highest BCUT2D eigenvalue weighted by Gasteiger charge is 2.30. The van der Waals surface area contributed by atoms with E-state index in [0.717, 1.165) is 30.9 Å². The number of nitrogens with two attached hydrogens (primary N) is 1. The molecule has 0 aliphatic heterocycles. The van der Waals surface area contributed by atoms with Gasteiger partial charge in [-0.2, -0.15) is 0 Å². The third-order valence-electron chi connectivity index (χ3n) is 5.01. The average Bonchev–Trinajstić information content (AvgIpc) is 2.54. The number of ether oxygens (including phenoxy) is 2. The predicted molar refractivity (Wildman–Crippen MR) is 87.1 cm³/mol. The standard InChI is InChI=1S/C18H29NO2/c1-20-16-7-6-15(17(14-16)21-2)8-11-18(12-13-19)9-4-3-5-10-18/h6-7,14H,3-5,8-13,19H2,1-2H3. The molecule has 1 aromatic carbocycles. The van der Waals surface area contributed by atoms with Gasteiger partial charge in [-0.1, -0.05) is 25.3 Å². The summed E-state index contributed by atoms with van der Waals surface area (Å²) in [5, 5.41) is 0. The highest BCUT2D eigenvalue weighted by atomic mass is 16.5. The fourth-order valence-corrected chi connectivity index (χ4v) is 3.69. The van der Waals surface area contributed by atoms with Crippen molar-refractivity contribution in [2.75, 3.05) is 20.8 Å². The summed E-state index contributed by atoms with van der Waals surface area (Å²) in [6, 6.07) is 6.14. The predicted octanol–water partition coefficient (Wildman–Crippen LogP) is 3.94. The van der Waals surface area contributed by atoms with E-state index in [0.29, 0.717) is 5.41 Å². The Morgan fingerprint density at radius 3 is 2.43 bits per heavy atom. The maximum atomic E-state index is 5.87. The quantitative estimate of drug-likeness (QED) is 0.827. The molecule has 0 amide bonds. The Kier molecular flexibility index (Phi) is 5.92. The van der Waals surface area contributed by atoms with Crippen molar-refractivity contribution in [2.45, 2.75) is 51.4 Å². The minimum absolute atomic E-state index is 0.456. The van der Waals surface area contributed by atoms with Gasteiger partial charge in [0.2, 0.25) is 0 Å². The Bertz CT molecular complexity index is 433. The number of rotatable bonds is 7. The van der Waals surface area contributed by atoms with Crippen molar-refractivity contribution >= 4 is 0 Å². The van der Waals surface area contributed by atoms with Gasteiger partial charge in [0.15, 0.2) is 0 Å². The molecule has 0 atom stereocenters. The van der Waals surface area contributed by atoms with Gasteiger partial charge in [-0.25, -0.2) is 0 Å². The first-order valence-electron chi connectivity index (χ1n) is 8.14. The average molecular weight is 291 g/mol. The molecule has 1 aliphatic carbocycles. The lowest BCUT2D eigenvalue weighted by Gasteiger charge is -2.37. The van der Waals surface area contributed by atoms with Crippen LogP contribution in [0.15, 0.2) is 18.2 Å². The van der Waals surface area contributed by atoms with Crippen LogP contribution in [0.3, 0.4) is 0 Å². The smallest absolute Gasteiger partial charge is 0.125 e. The van der Waals surface area contributed by atoms with Crippen LogP contribution in [0.1, 0.15) is 50.5 Å². The van der Waals surface area contributed by atoms with Crippen LogP contribution in [0.5, 0.6) is 11.5 Å². The van der Waals surface area contributed by atoms with Gasteiger partial charge < -0.3 is 15.2 Å². The summed E-state index contributed by atoms with van der Waals surface area (Å²) < 4.78 is 10.8. The van der Waals surface area contributed by atoms with Crippen molar-refractivity contribution in [3.8, 4) is 11.5 Å². The van der Waals surface area contributed by atoms with Gasteiger partial charge in [0.25, 0.3) is 0 Å². The summed E-state index contributed by atoms with van der Waals surface area (Å²) in [6.45, 7) is 0.805. The Morgan fingerprint density at radius 2 is 1.81 bits per heavy atom. The fraction of sp³-hybridized carbons (Fsp3) is 0.667. The molecule has 1 saturated carbocycles. The summed E-state index contributed by atoms with van der Waals surface area (Å²) in [5.41, 5.74) is 7.60. The monoisotopic (exact) mass is 291 g/mol. The van der Waals surface area contributed by atoms with E-state index in [1.54, 1.807) is 14.2 Å². The first-order valence-corrected chi connectivity index (χ1v) is 8.14. The maximum absolute atomic E-state index is 5.87. The van der Waals surface area contributed by atoms with E-state index < -0.39 is 0 Å². The molecule has 0 spiro atoms. The van der Waals surface area contributed by atoms with Crippen molar-refractivity contribution in [1.29, 1.82) is 0 Å². The lowest BCUT2D eigenvalue weighted by molar-refractivity contribution is 0.160. The Labute approximate surface area is 128 Å². The second-order valence-electron chi connectivity index (χ2n) is 6.28. The van der Waals surface area contributed by atoms with Crippen LogP contribution in [-0.4, -0.2) is 20.8 Å². The summed E-state index contributed by atoms with van der Waals surface area (Å²) in [4.78, 5) is 0. The molecule has 0 saturated heterocycles. The van der Waals surface area contributed by atoms with Gasteiger partial charge in [-0.05, 0) is 55.7 Å². The number of hydrogen-bond acceptors (Lipinski definition) is 3. The van der Waals surface area contributed by atoms with E-state index in [2.05, 4.69) is 6.07 Å². The summed E-state index contributed by atoms with van der Waals surface area (Å²) in [5.74, 6) is 1.79. The lowest BCUT2D eigenvalue weighted by Crippen LogP contribution is -2.28. The minimum Gasteiger partial charge on any atom is -0.497 e. The van der Waals surface area contributed by atoms with Crippen LogP contribution >= 0.6 is 0 Å². The molecule has 0 unspecified atom stereocenters. The van der Waals surface area contributed by atoms with Gasteiger partial charge in [-0.15, -0.1) is 0 Å². The van der Waals surface area contributed by atoms with Gasteiger partial charge in [0.05, 0.1) is 14.2 Å². The molecule has 0 bridgehead atoms. The van der Waals surface area contributed by atoms with Crippen molar-refractivity contribution in [2.24, 2.45) is 11.1 Å². The van der Waals surface area contributed by atoms with Gasteiger partial charge in [-0.3, -0.25) is 0 Å². The number of methoxy groups -OCH3 is 2. The maximum Gasteiger partial charge on any atom is 0.125 e. The van der Waals surface area contributed by atoms with Crippen molar-refractivity contribution in [3.05, 3.63) is 23.8 Å². The molecule has 3 heteroatoms. The highest BCUT2D eigenvalue weighted by molar-refractivity contribution is 5.40. The lowest BCUT2D eigenvalue weighted by atomic mass is 9.68. The molecule has 0 radical (unpaired) electrons. The minimum atomic E-state index is 0.456. The molecule has 0 heterocycles. The molecule has 0 aromatic heterocycles. The Morgan fingerprint density at radius 1 is 1.05 bits per heavy atom. The molecule has 1 fully saturated rings. The molecular formula is C18H29NO2. The van der Waals surface area contributed by atoms with Crippen LogP contribution in [0, 0.1) is 5.41 Å². The van der Waals surface area contributed by atoms with Gasteiger partial charge in [0, 0.05) is 6.07 Å². The molecule has 1 aromatic rings. The molecule has 2 rings (SSSR count). The van der Waals surface area contributed by atoms with Crippen LogP contribution in [0.4, 0.5) is 0 Å². The van der Waals surface area contributed by atoms with E-state index in [9.17, 15) is 0 Å². The van der Waals surface area contributed by atoms with E-state index in [-0.39, 0.29) is 0 Å². The second-order valence-corrected chi connectivity index (χ2v) is 6.28.